The molecule has 24 heavy (non-hydrogen) atoms. The average molecular weight is 332 g/mol. The van der Waals surface area contributed by atoms with Crippen LogP contribution in [0.4, 0.5) is 5.69 Å². The first kappa shape index (κ1) is 17.4. The van der Waals surface area contributed by atoms with Crippen molar-refractivity contribution in [1.82, 2.24) is 4.90 Å². The highest BCUT2D eigenvalue weighted by atomic mass is 16.5. The third-order valence-corrected chi connectivity index (χ3v) is 4.99. The summed E-state index contributed by atoms with van der Waals surface area (Å²) < 4.78 is 5.94. The number of aliphatic hydroxyl groups excluding tert-OH is 1. The molecular formula is C19H28N2O3. The Hall–Kier alpha value is -1.43. The van der Waals surface area contributed by atoms with E-state index in [0.717, 1.165) is 25.1 Å². The summed E-state index contributed by atoms with van der Waals surface area (Å²) in [6, 6.07) is 9.31. The van der Waals surface area contributed by atoms with E-state index in [-0.39, 0.29) is 12.0 Å². The molecule has 2 N–H and O–H groups in total. The summed E-state index contributed by atoms with van der Waals surface area (Å²) in [6.45, 7) is 3.37. The lowest BCUT2D eigenvalue weighted by Gasteiger charge is -2.34. The van der Waals surface area contributed by atoms with Gasteiger partial charge in [-0.05, 0) is 57.3 Å². The SMILES string of the molecule is O=C(Nc1ccccc1)[C@@H]1O[C@H](CCN2CCCCC2)CC[C@@H]1O. The molecule has 0 aromatic heterocycles. The zero-order valence-corrected chi connectivity index (χ0v) is 14.2. The highest BCUT2D eigenvalue weighted by molar-refractivity contribution is 5.94. The maximum atomic E-state index is 12.4. The topological polar surface area (TPSA) is 61.8 Å². The van der Waals surface area contributed by atoms with Gasteiger partial charge in [0.2, 0.25) is 0 Å². The molecule has 0 unspecified atom stereocenters. The first-order chi connectivity index (χ1) is 11.7. The van der Waals surface area contributed by atoms with Gasteiger partial charge in [0, 0.05) is 12.2 Å². The van der Waals surface area contributed by atoms with E-state index in [1.807, 2.05) is 30.3 Å². The Morgan fingerprint density at radius 3 is 2.67 bits per heavy atom. The minimum atomic E-state index is -0.773. The van der Waals surface area contributed by atoms with Crippen LogP contribution in [0.15, 0.2) is 30.3 Å². The number of para-hydroxylation sites is 1. The molecule has 2 aliphatic rings. The molecular weight excluding hydrogens is 304 g/mol. The third kappa shape index (κ3) is 4.79. The molecule has 2 fully saturated rings. The van der Waals surface area contributed by atoms with Crippen molar-refractivity contribution in [3.05, 3.63) is 30.3 Å². The van der Waals surface area contributed by atoms with E-state index in [0.29, 0.717) is 6.42 Å². The zero-order valence-electron chi connectivity index (χ0n) is 14.2. The number of hydrogen-bond acceptors (Lipinski definition) is 4. The Labute approximate surface area is 144 Å². The van der Waals surface area contributed by atoms with Crippen molar-refractivity contribution in [3.8, 4) is 0 Å². The fraction of sp³-hybridized carbons (Fsp3) is 0.632. The number of aliphatic hydroxyl groups is 1. The van der Waals surface area contributed by atoms with Gasteiger partial charge in [0.15, 0.2) is 6.10 Å². The number of piperidine rings is 1. The van der Waals surface area contributed by atoms with E-state index in [1.54, 1.807) is 0 Å². The maximum Gasteiger partial charge on any atom is 0.256 e. The largest absolute Gasteiger partial charge is 0.390 e. The minimum absolute atomic E-state index is 0.0573. The Bertz CT molecular complexity index is 517. The van der Waals surface area contributed by atoms with Crippen LogP contribution < -0.4 is 5.32 Å². The lowest BCUT2D eigenvalue weighted by atomic mass is 9.98. The molecule has 1 amide bonds. The molecule has 0 spiro atoms. The number of amides is 1. The van der Waals surface area contributed by atoms with Crippen molar-refractivity contribution in [2.45, 2.75) is 56.8 Å². The van der Waals surface area contributed by atoms with Crippen LogP contribution in [0.5, 0.6) is 0 Å². The monoisotopic (exact) mass is 332 g/mol. The molecule has 0 radical (unpaired) electrons. The van der Waals surface area contributed by atoms with Crippen LogP contribution in [-0.4, -0.2) is 53.9 Å². The first-order valence-electron chi connectivity index (χ1n) is 9.14. The molecule has 1 aromatic rings. The number of hydrogen-bond donors (Lipinski definition) is 2. The minimum Gasteiger partial charge on any atom is -0.390 e. The summed E-state index contributed by atoms with van der Waals surface area (Å²) in [5.74, 6) is -0.253. The quantitative estimate of drug-likeness (QED) is 0.869. The summed E-state index contributed by atoms with van der Waals surface area (Å²) in [5.41, 5.74) is 0.730. The molecule has 0 aliphatic carbocycles. The maximum absolute atomic E-state index is 12.4. The third-order valence-electron chi connectivity index (χ3n) is 4.99. The second kappa shape index (κ2) is 8.60. The van der Waals surface area contributed by atoms with Crippen molar-refractivity contribution >= 4 is 11.6 Å². The van der Waals surface area contributed by atoms with Crippen LogP contribution in [0.25, 0.3) is 0 Å². The van der Waals surface area contributed by atoms with E-state index in [1.165, 1.54) is 32.4 Å². The lowest BCUT2D eigenvalue weighted by molar-refractivity contribution is -0.153. The highest BCUT2D eigenvalue weighted by Gasteiger charge is 2.35. The van der Waals surface area contributed by atoms with Gasteiger partial charge < -0.3 is 20.1 Å². The molecule has 2 heterocycles. The molecule has 3 rings (SSSR count). The summed E-state index contributed by atoms with van der Waals surface area (Å²) in [7, 11) is 0. The highest BCUT2D eigenvalue weighted by Crippen LogP contribution is 2.24. The molecule has 0 bridgehead atoms. The Morgan fingerprint density at radius 1 is 1.17 bits per heavy atom. The smallest absolute Gasteiger partial charge is 0.256 e. The van der Waals surface area contributed by atoms with Crippen molar-refractivity contribution in [2.75, 3.05) is 25.0 Å². The van der Waals surface area contributed by atoms with Crippen LogP contribution in [0.1, 0.15) is 38.5 Å². The number of rotatable bonds is 5. The van der Waals surface area contributed by atoms with Crippen LogP contribution in [0.3, 0.4) is 0 Å². The van der Waals surface area contributed by atoms with Crippen LogP contribution >= 0.6 is 0 Å². The van der Waals surface area contributed by atoms with E-state index in [4.69, 9.17) is 4.74 Å². The van der Waals surface area contributed by atoms with Gasteiger partial charge in [0.25, 0.3) is 5.91 Å². The molecule has 3 atom stereocenters. The number of likely N-dealkylation sites (tertiary alicyclic amines) is 1. The standard InChI is InChI=1S/C19H28N2O3/c22-17-10-9-16(11-14-21-12-5-2-6-13-21)24-18(17)19(23)20-15-7-3-1-4-8-15/h1,3-4,7-8,16-18,22H,2,5-6,9-14H2,(H,20,23)/t16-,17-,18+/m0/s1. The summed E-state index contributed by atoms with van der Waals surface area (Å²) in [4.78, 5) is 14.9. The summed E-state index contributed by atoms with van der Waals surface area (Å²) >= 11 is 0. The van der Waals surface area contributed by atoms with Crippen molar-refractivity contribution in [3.63, 3.8) is 0 Å². The number of carbonyl (C=O) groups is 1. The van der Waals surface area contributed by atoms with Gasteiger partial charge in [-0.3, -0.25) is 4.79 Å². The molecule has 2 aliphatic heterocycles. The second-order valence-electron chi connectivity index (χ2n) is 6.87. The Kier molecular flexibility index (Phi) is 6.24. The fourth-order valence-corrected chi connectivity index (χ4v) is 3.57. The van der Waals surface area contributed by atoms with Gasteiger partial charge in [0.1, 0.15) is 0 Å². The first-order valence-corrected chi connectivity index (χ1v) is 9.14. The number of carbonyl (C=O) groups excluding carboxylic acids is 1. The number of anilines is 1. The number of nitrogens with one attached hydrogen (secondary N) is 1. The van der Waals surface area contributed by atoms with Gasteiger partial charge in [-0.15, -0.1) is 0 Å². The summed E-state index contributed by atoms with van der Waals surface area (Å²) in [6.07, 6.45) is 4.85. The van der Waals surface area contributed by atoms with Gasteiger partial charge >= 0.3 is 0 Å². The fourth-order valence-electron chi connectivity index (χ4n) is 3.57. The number of ether oxygens (including phenoxy) is 1. The van der Waals surface area contributed by atoms with Crippen LogP contribution in [0, 0.1) is 0 Å². The van der Waals surface area contributed by atoms with E-state index in [9.17, 15) is 9.90 Å². The van der Waals surface area contributed by atoms with Crippen molar-refractivity contribution in [2.24, 2.45) is 0 Å². The normalized spacial score (nSPS) is 28.5. The molecule has 5 nitrogen and oxygen atoms in total. The Balaban J connectivity index is 1.50. The molecule has 0 saturated carbocycles. The van der Waals surface area contributed by atoms with Gasteiger partial charge in [-0.1, -0.05) is 24.6 Å². The van der Waals surface area contributed by atoms with Crippen molar-refractivity contribution in [1.29, 1.82) is 0 Å². The van der Waals surface area contributed by atoms with Gasteiger partial charge in [-0.2, -0.15) is 0 Å². The predicted octanol–water partition coefficient (Wildman–Crippen LogP) is 2.41. The second-order valence-corrected chi connectivity index (χ2v) is 6.87. The zero-order chi connectivity index (χ0) is 16.8. The lowest BCUT2D eigenvalue weighted by Crippen LogP contribution is -2.47. The number of nitrogens with zero attached hydrogens (tertiary/aromatic N) is 1. The van der Waals surface area contributed by atoms with E-state index >= 15 is 0 Å². The van der Waals surface area contributed by atoms with E-state index < -0.39 is 12.2 Å². The van der Waals surface area contributed by atoms with Crippen LogP contribution in [-0.2, 0) is 9.53 Å². The molecule has 5 heteroatoms. The molecule has 132 valence electrons. The average Bonchev–Trinajstić information content (AvgIpc) is 2.62. The van der Waals surface area contributed by atoms with Gasteiger partial charge in [0.05, 0.1) is 12.2 Å². The van der Waals surface area contributed by atoms with E-state index in [2.05, 4.69) is 10.2 Å². The van der Waals surface area contributed by atoms with Gasteiger partial charge in [-0.25, -0.2) is 0 Å². The van der Waals surface area contributed by atoms with Crippen LogP contribution in [0.2, 0.25) is 0 Å². The Morgan fingerprint density at radius 2 is 1.92 bits per heavy atom. The predicted molar refractivity (Wildman–Crippen MR) is 93.9 cm³/mol. The number of benzene rings is 1. The molecule has 2 saturated heterocycles. The molecule has 1 aromatic carbocycles. The van der Waals surface area contributed by atoms with Crippen molar-refractivity contribution < 1.29 is 14.6 Å². The summed E-state index contributed by atoms with van der Waals surface area (Å²) in [5, 5.41) is 13.0.